The fraction of sp³-hybridized carbons (Fsp3) is 0.154. The molecule has 1 aromatic heterocycles. The average Bonchev–Trinajstić information content (AvgIpc) is 2.32. The zero-order chi connectivity index (χ0) is 12.3. The van der Waals surface area contributed by atoms with Crippen LogP contribution in [-0.4, -0.2) is 12.0 Å². The molecule has 0 aliphatic carbocycles. The molecule has 3 nitrogen and oxygen atoms in total. The molecule has 4 heteroatoms. The van der Waals surface area contributed by atoms with Gasteiger partial charge in [-0.15, -0.1) is 0 Å². The molecule has 0 unspecified atom stereocenters. The van der Waals surface area contributed by atoms with Crippen LogP contribution < -0.4 is 10.6 Å². The quantitative estimate of drug-likeness (QED) is 0.945. The Kier molecular flexibility index (Phi) is 3.64. The van der Waals surface area contributed by atoms with Crippen LogP contribution in [0.4, 0.5) is 11.4 Å². The van der Waals surface area contributed by atoms with Crippen LogP contribution in [0, 0.1) is 0 Å². The van der Waals surface area contributed by atoms with E-state index in [-0.39, 0.29) is 0 Å². The van der Waals surface area contributed by atoms with Gasteiger partial charge in [0, 0.05) is 24.3 Å². The third kappa shape index (κ3) is 2.77. The Morgan fingerprint density at radius 2 is 2.06 bits per heavy atom. The van der Waals surface area contributed by atoms with Gasteiger partial charge in [0.25, 0.3) is 0 Å². The topological polar surface area (TPSA) is 42.2 Å². The third-order valence-corrected chi connectivity index (χ3v) is 3.38. The summed E-state index contributed by atoms with van der Waals surface area (Å²) in [5.41, 5.74) is 8.82. The zero-order valence-electron chi connectivity index (χ0n) is 9.60. The van der Waals surface area contributed by atoms with Crippen LogP contribution in [0.25, 0.3) is 0 Å². The maximum absolute atomic E-state index is 5.90. The predicted octanol–water partition coefficient (Wildman–Crippen LogP) is 3.06. The first-order chi connectivity index (χ1) is 8.18. The highest BCUT2D eigenvalue weighted by Gasteiger charge is 2.07. The number of nitrogens with two attached hydrogens (primary N) is 1. The second-order valence-corrected chi connectivity index (χ2v) is 4.74. The number of aromatic nitrogens is 1. The normalized spacial score (nSPS) is 10.2. The van der Waals surface area contributed by atoms with Crippen molar-refractivity contribution in [2.45, 2.75) is 6.54 Å². The minimum absolute atomic E-state index is 0.696. The van der Waals surface area contributed by atoms with Gasteiger partial charge in [0.15, 0.2) is 0 Å². The first-order valence-corrected chi connectivity index (χ1v) is 6.12. The van der Waals surface area contributed by atoms with E-state index in [4.69, 9.17) is 5.73 Å². The van der Waals surface area contributed by atoms with Gasteiger partial charge in [-0.3, -0.25) is 4.98 Å². The number of hydrogen-bond acceptors (Lipinski definition) is 3. The molecule has 0 aliphatic rings. The molecule has 0 saturated carbocycles. The van der Waals surface area contributed by atoms with E-state index in [9.17, 15) is 0 Å². The van der Waals surface area contributed by atoms with Gasteiger partial charge in [-0.05, 0) is 17.7 Å². The lowest BCUT2D eigenvalue weighted by molar-refractivity contribution is 0.918. The average molecular weight is 292 g/mol. The smallest absolute Gasteiger partial charge is 0.0738 e. The number of anilines is 2. The van der Waals surface area contributed by atoms with Crippen molar-refractivity contribution < 1.29 is 0 Å². The van der Waals surface area contributed by atoms with Crippen molar-refractivity contribution >= 4 is 27.3 Å². The predicted molar refractivity (Wildman–Crippen MR) is 74.9 cm³/mol. The minimum Gasteiger partial charge on any atom is -0.396 e. The van der Waals surface area contributed by atoms with Crippen LogP contribution in [-0.2, 0) is 6.54 Å². The highest BCUT2D eigenvalue weighted by atomic mass is 79.9. The lowest BCUT2D eigenvalue weighted by atomic mass is 10.2. The molecule has 0 saturated heterocycles. The summed E-state index contributed by atoms with van der Waals surface area (Å²) in [6, 6.07) is 10.1. The summed E-state index contributed by atoms with van der Waals surface area (Å²) in [6.45, 7) is 0.801. The summed E-state index contributed by atoms with van der Waals surface area (Å²) in [6.07, 6.45) is 3.42. The lowest BCUT2D eigenvalue weighted by Gasteiger charge is -2.21. The largest absolute Gasteiger partial charge is 0.396 e. The van der Waals surface area contributed by atoms with E-state index < -0.39 is 0 Å². The highest BCUT2D eigenvalue weighted by molar-refractivity contribution is 9.10. The fourth-order valence-corrected chi connectivity index (χ4v) is 2.12. The van der Waals surface area contributed by atoms with Crippen molar-refractivity contribution in [3.63, 3.8) is 0 Å². The molecule has 2 N–H and O–H groups in total. The Morgan fingerprint density at radius 1 is 1.29 bits per heavy atom. The summed E-state index contributed by atoms with van der Waals surface area (Å²) in [4.78, 5) is 6.10. The van der Waals surface area contributed by atoms with Gasteiger partial charge >= 0.3 is 0 Å². The van der Waals surface area contributed by atoms with Gasteiger partial charge in [-0.1, -0.05) is 34.1 Å². The molecular weight excluding hydrogens is 278 g/mol. The van der Waals surface area contributed by atoms with Crippen molar-refractivity contribution in [1.82, 2.24) is 4.98 Å². The van der Waals surface area contributed by atoms with Crippen molar-refractivity contribution in [2.24, 2.45) is 0 Å². The summed E-state index contributed by atoms with van der Waals surface area (Å²) < 4.78 is 1.11. The van der Waals surface area contributed by atoms with Crippen LogP contribution in [0.15, 0.2) is 47.2 Å². The van der Waals surface area contributed by atoms with Crippen LogP contribution in [0.1, 0.15) is 5.56 Å². The molecule has 0 atom stereocenters. The van der Waals surface area contributed by atoms with Crippen LogP contribution in [0.3, 0.4) is 0 Å². The second kappa shape index (κ2) is 5.19. The fourth-order valence-electron chi connectivity index (χ4n) is 1.71. The maximum Gasteiger partial charge on any atom is 0.0738 e. The van der Waals surface area contributed by atoms with Crippen LogP contribution >= 0.6 is 15.9 Å². The molecule has 1 aromatic carbocycles. The lowest BCUT2D eigenvalue weighted by Crippen LogP contribution is -2.18. The van der Waals surface area contributed by atoms with Gasteiger partial charge in [0.2, 0.25) is 0 Å². The van der Waals surface area contributed by atoms with E-state index >= 15 is 0 Å². The molecule has 2 rings (SSSR count). The molecule has 88 valence electrons. The molecule has 2 aromatic rings. The first-order valence-electron chi connectivity index (χ1n) is 5.32. The Bertz CT molecular complexity index is 514. The Hall–Kier alpha value is -1.55. The van der Waals surface area contributed by atoms with Crippen molar-refractivity contribution in [2.75, 3.05) is 17.7 Å². The van der Waals surface area contributed by atoms with Crippen LogP contribution in [0.2, 0.25) is 0 Å². The summed E-state index contributed by atoms with van der Waals surface area (Å²) in [5.74, 6) is 0. The molecule has 17 heavy (non-hydrogen) atoms. The maximum atomic E-state index is 5.90. The Labute approximate surface area is 109 Å². The standard InChI is InChI=1S/C13H14BrN3/c1-17(13-6-7-16-8-12(13)15)9-10-4-2-3-5-11(10)14/h2-8H,9,15H2,1H3. The number of halogens is 1. The second-order valence-electron chi connectivity index (χ2n) is 3.88. The summed E-state index contributed by atoms with van der Waals surface area (Å²) >= 11 is 3.55. The van der Waals surface area contributed by atoms with E-state index in [0.29, 0.717) is 5.69 Å². The number of hydrogen-bond donors (Lipinski definition) is 1. The van der Waals surface area contributed by atoms with Gasteiger partial charge in [0.05, 0.1) is 17.6 Å². The van der Waals surface area contributed by atoms with E-state index in [1.165, 1.54) is 5.56 Å². The zero-order valence-corrected chi connectivity index (χ0v) is 11.2. The molecule has 0 bridgehead atoms. The summed E-state index contributed by atoms with van der Waals surface area (Å²) in [7, 11) is 2.02. The number of pyridine rings is 1. The van der Waals surface area contributed by atoms with Gasteiger partial charge in [-0.25, -0.2) is 0 Å². The van der Waals surface area contributed by atoms with Crippen molar-refractivity contribution in [3.8, 4) is 0 Å². The number of rotatable bonds is 3. The van der Waals surface area contributed by atoms with E-state index in [1.54, 1.807) is 12.4 Å². The number of benzene rings is 1. The summed E-state index contributed by atoms with van der Waals surface area (Å²) in [5, 5.41) is 0. The highest BCUT2D eigenvalue weighted by Crippen LogP contribution is 2.24. The van der Waals surface area contributed by atoms with E-state index in [2.05, 4.69) is 31.9 Å². The van der Waals surface area contributed by atoms with Gasteiger partial charge in [-0.2, -0.15) is 0 Å². The minimum atomic E-state index is 0.696. The Morgan fingerprint density at radius 3 is 2.76 bits per heavy atom. The molecule has 1 heterocycles. The number of nitrogen functional groups attached to an aromatic ring is 1. The molecule has 0 spiro atoms. The molecule has 0 aliphatic heterocycles. The van der Waals surface area contributed by atoms with Crippen molar-refractivity contribution in [1.29, 1.82) is 0 Å². The molecule has 0 amide bonds. The van der Waals surface area contributed by atoms with Gasteiger partial charge < -0.3 is 10.6 Å². The van der Waals surface area contributed by atoms with Crippen LogP contribution in [0.5, 0.6) is 0 Å². The molecule has 0 radical (unpaired) electrons. The van der Waals surface area contributed by atoms with E-state index in [0.717, 1.165) is 16.7 Å². The Balaban J connectivity index is 2.20. The van der Waals surface area contributed by atoms with E-state index in [1.807, 2.05) is 31.3 Å². The van der Waals surface area contributed by atoms with Gasteiger partial charge in [0.1, 0.15) is 0 Å². The SMILES string of the molecule is CN(Cc1ccccc1Br)c1ccncc1N. The molecule has 0 fully saturated rings. The van der Waals surface area contributed by atoms with Crippen molar-refractivity contribution in [3.05, 3.63) is 52.8 Å². The monoisotopic (exact) mass is 291 g/mol. The molecular formula is C13H14BrN3. The number of nitrogens with zero attached hydrogens (tertiary/aromatic N) is 2. The first kappa shape index (κ1) is 11.9. The third-order valence-electron chi connectivity index (χ3n) is 2.60.